The van der Waals surface area contributed by atoms with Crippen LogP contribution in [-0.4, -0.2) is 11.1 Å². The summed E-state index contributed by atoms with van der Waals surface area (Å²) < 4.78 is 39.6. The summed E-state index contributed by atoms with van der Waals surface area (Å²) in [4.78, 5) is 10.6. The van der Waals surface area contributed by atoms with E-state index >= 15 is 0 Å². The zero-order chi connectivity index (χ0) is 13.4. The van der Waals surface area contributed by atoms with Crippen molar-refractivity contribution in [3.63, 3.8) is 0 Å². The molecule has 94 valence electrons. The Kier molecular flexibility index (Phi) is 3.86. The van der Waals surface area contributed by atoms with Crippen molar-refractivity contribution in [1.29, 1.82) is 0 Å². The summed E-state index contributed by atoms with van der Waals surface area (Å²) >= 11 is 2.76. The molecule has 0 unspecified atom stereocenters. The fourth-order valence-electron chi connectivity index (χ4n) is 1.54. The molecule has 0 atom stereocenters. The summed E-state index contributed by atoms with van der Waals surface area (Å²) in [5.74, 6) is -5.42. The maximum Gasteiger partial charge on any atom is 0.304 e. The monoisotopic (exact) mass is 310 g/mol. The van der Waals surface area contributed by atoms with E-state index in [0.717, 1.165) is 6.07 Å². The highest BCUT2D eigenvalue weighted by molar-refractivity contribution is 9.10. The van der Waals surface area contributed by atoms with Crippen LogP contribution in [0.15, 0.2) is 10.5 Å². The molecule has 1 aromatic carbocycles. The smallest absolute Gasteiger partial charge is 0.304 e. The highest BCUT2D eigenvalue weighted by Crippen LogP contribution is 2.34. The molecule has 17 heavy (non-hydrogen) atoms. The third-order valence-electron chi connectivity index (χ3n) is 2.42. The average Bonchev–Trinajstić information content (AvgIpc) is 2.18. The number of carbonyl (C=O) groups is 1. The lowest BCUT2D eigenvalue weighted by Gasteiger charge is -2.24. The van der Waals surface area contributed by atoms with Crippen molar-refractivity contribution in [2.75, 3.05) is 0 Å². The topological polar surface area (TPSA) is 37.3 Å². The van der Waals surface area contributed by atoms with E-state index in [0.29, 0.717) is 0 Å². The average molecular weight is 311 g/mol. The lowest BCUT2D eigenvalue weighted by atomic mass is 9.81. The Balaban J connectivity index is 3.37. The van der Waals surface area contributed by atoms with Gasteiger partial charge in [0, 0.05) is 5.41 Å². The van der Waals surface area contributed by atoms with E-state index in [1.54, 1.807) is 0 Å². The van der Waals surface area contributed by atoms with Gasteiger partial charge >= 0.3 is 5.97 Å². The Hall–Kier alpha value is -1.04. The predicted octanol–water partition coefficient (Wildman–Crippen LogP) is 3.62. The van der Waals surface area contributed by atoms with E-state index in [1.807, 2.05) is 0 Å². The summed E-state index contributed by atoms with van der Waals surface area (Å²) in [7, 11) is 0. The molecule has 6 heteroatoms. The predicted molar refractivity (Wildman–Crippen MR) is 59.3 cm³/mol. The van der Waals surface area contributed by atoms with Crippen LogP contribution in [0.3, 0.4) is 0 Å². The summed E-state index contributed by atoms with van der Waals surface area (Å²) in [6, 6.07) is 1.07. The highest BCUT2D eigenvalue weighted by atomic mass is 79.9. The Bertz CT molecular complexity index is 472. The fraction of sp³-hybridized carbons (Fsp3) is 0.364. The van der Waals surface area contributed by atoms with Crippen molar-refractivity contribution in [2.45, 2.75) is 25.7 Å². The maximum absolute atomic E-state index is 13.6. The van der Waals surface area contributed by atoms with Crippen LogP contribution in [0.1, 0.15) is 25.8 Å². The minimum Gasteiger partial charge on any atom is -0.481 e. The van der Waals surface area contributed by atoms with E-state index in [2.05, 4.69) is 15.9 Å². The second-order valence-corrected chi connectivity index (χ2v) is 5.16. The molecule has 0 aliphatic rings. The van der Waals surface area contributed by atoms with Crippen LogP contribution in [0.5, 0.6) is 0 Å². The van der Waals surface area contributed by atoms with Gasteiger partial charge in [0.25, 0.3) is 0 Å². The molecule has 0 heterocycles. The largest absolute Gasteiger partial charge is 0.481 e. The molecule has 2 nitrogen and oxygen atoms in total. The normalized spacial score (nSPS) is 11.6. The lowest BCUT2D eigenvalue weighted by molar-refractivity contribution is -0.138. The molecule has 0 aliphatic carbocycles. The van der Waals surface area contributed by atoms with E-state index in [1.165, 1.54) is 13.8 Å². The van der Waals surface area contributed by atoms with Crippen LogP contribution in [0.25, 0.3) is 0 Å². The molecule has 0 aliphatic heterocycles. The van der Waals surface area contributed by atoms with Crippen molar-refractivity contribution in [3.8, 4) is 0 Å². The van der Waals surface area contributed by atoms with Crippen LogP contribution in [0.4, 0.5) is 13.2 Å². The van der Waals surface area contributed by atoms with Gasteiger partial charge in [-0.05, 0) is 27.6 Å². The molecule has 0 spiro atoms. The summed E-state index contributed by atoms with van der Waals surface area (Å²) in [6.45, 7) is 2.90. The van der Waals surface area contributed by atoms with E-state index in [4.69, 9.17) is 5.11 Å². The Morgan fingerprint density at radius 2 is 1.82 bits per heavy atom. The standard InChI is InChI=1S/C11H10BrF3O2/c1-11(2,4-7(16)17)5-3-6(12)9(14)10(15)8(5)13/h3H,4H2,1-2H3,(H,16,17). The van der Waals surface area contributed by atoms with Crippen molar-refractivity contribution in [2.24, 2.45) is 0 Å². The molecule has 0 bridgehead atoms. The van der Waals surface area contributed by atoms with Gasteiger partial charge in [0.15, 0.2) is 17.5 Å². The number of benzene rings is 1. The second kappa shape index (κ2) is 4.68. The SMILES string of the molecule is CC(C)(CC(=O)O)c1cc(Br)c(F)c(F)c1F. The number of carboxylic acid groups (broad SMARTS) is 1. The van der Waals surface area contributed by atoms with Crippen molar-refractivity contribution >= 4 is 21.9 Å². The Morgan fingerprint density at radius 3 is 2.29 bits per heavy atom. The first kappa shape index (κ1) is 14.0. The van der Waals surface area contributed by atoms with Crippen LogP contribution in [-0.2, 0) is 10.2 Å². The second-order valence-electron chi connectivity index (χ2n) is 4.30. The number of halogens is 4. The third-order valence-corrected chi connectivity index (χ3v) is 3.00. The van der Waals surface area contributed by atoms with Gasteiger partial charge in [-0.3, -0.25) is 4.79 Å². The van der Waals surface area contributed by atoms with Gasteiger partial charge < -0.3 is 5.11 Å². The van der Waals surface area contributed by atoms with E-state index in [-0.39, 0.29) is 16.5 Å². The molecule has 0 saturated heterocycles. The van der Waals surface area contributed by atoms with Crippen LogP contribution in [0.2, 0.25) is 0 Å². The number of hydrogen-bond acceptors (Lipinski definition) is 1. The zero-order valence-electron chi connectivity index (χ0n) is 9.15. The van der Waals surface area contributed by atoms with Gasteiger partial charge in [0.2, 0.25) is 0 Å². The van der Waals surface area contributed by atoms with Crippen LogP contribution >= 0.6 is 15.9 Å². The molecule has 0 amide bonds. The maximum atomic E-state index is 13.6. The number of hydrogen-bond donors (Lipinski definition) is 1. The van der Waals surface area contributed by atoms with Gasteiger partial charge in [0.1, 0.15) is 0 Å². The van der Waals surface area contributed by atoms with Gasteiger partial charge in [-0.25, -0.2) is 13.2 Å². The molecule has 0 aromatic heterocycles. The first-order valence-corrected chi connectivity index (χ1v) is 5.51. The summed E-state index contributed by atoms with van der Waals surface area (Å²) in [6.07, 6.45) is -0.387. The molecule has 0 saturated carbocycles. The number of rotatable bonds is 3. The Labute approximate surface area is 105 Å². The minimum atomic E-state index is -1.60. The quantitative estimate of drug-likeness (QED) is 0.684. The van der Waals surface area contributed by atoms with Crippen molar-refractivity contribution < 1.29 is 23.1 Å². The molecule has 1 N–H and O–H groups in total. The number of carboxylic acids is 1. The molecular weight excluding hydrogens is 301 g/mol. The van der Waals surface area contributed by atoms with Gasteiger partial charge in [0.05, 0.1) is 10.9 Å². The van der Waals surface area contributed by atoms with Crippen molar-refractivity contribution in [3.05, 3.63) is 33.6 Å². The molecular formula is C11H10BrF3O2. The minimum absolute atomic E-state index is 0.175. The molecule has 0 radical (unpaired) electrons. The molecule has 0 fully saturated rings. The highest BCUT2D eigenvalue weighted by Gasteiger charge is 2.30. The molecule has 1 rings (SSSR count). The molecule has 1 aromatic rings. The summed E-state index contributed by atoms with van der Waals surface area (Å²) in [5.41, 5.74) is -1.31. The van der Waals surface area contributed by atoms with Gasteiger partial charge in [-0.2, -0.15) is 0 Å². The van der Waals surface area contributed by atoms with Gasteiger partial charge in [-0.1, -0.05) is 13.8 Å². The lowest BCUT2D eigenvalue weighted by Crippen LogP contribution is -2.24. The fourth-order valence-corrected chi connectivity index (χ4v) is 1.94. The summed E-state index contributed by atoms with van der Waals surface area (Å²) in [5, 5.41) is 8.69. The van der Waals surface area contributed by atoms with Crippen molar-refractivity contribution in [1.82, 2.24) is 0 Å². The van der Waals surface area contributed by atoms with Crippen LogP contribution < -0.4 is 0 Å². The zero-order valence-corrected chi connectivity index (χ0v) is 10.7. The van der Waals surface area contributed by atoms with Crippen LogP contribution in [0, 0.1) is 17.5 Å². The first-order chi connectivity index (χ1) is 7.66. The van der Waals surface area contributed by atoms with E-state index in [9.17, 15) is 18.0 Å². The first-order valence-electron chi connectivity index (χ1n) is 4.72. The Morgan fingerprint density at radius 1 is 1.29 bits per heavy atom. The van der Waals surface area contributed by atoms with Gasteiger partial charge in [-0.15, -0.1) is 0 Å². The third kappa shape index (κ3) is 2.80. The number of aliphatic carboxylic acids is 1. The van der Waals surface area contributed by atoms with E-state index < -0.39 is 28.8 Å².